The van der Waals surface area contributed by atoms with Crippen molar-refractivity contribution >= 4 is 11.6 Å². The average molecular weight is 361 g/mol. The Kier molecular flexibility index (Phi) is 6.47. The van der Waals surface area contributed by atoms with Crippen LogP contribution < -0.4 is 14.4 Å². The van der Waals surface area contributed by atoms with E-state index in [1.54, 1.807) is 4.90 Å². The Labute approximate surface area is 160 Å². The standard InChI is InChI=1S/C23H23NO3/c1-2-26-21-13-15-22(16-14-21)27-18-23(25)24(20-11-7-4-8-12-20)17-19-9-5-3-6-10-19/h3-16H,2,17-18H2,1H3. The van der Waals surface area contributed by atoms with E-state index in [4.69, 9.17) is 9.47 Å². The number of hydrogen-bond acceptors (Lipinski definition) is 3. The molecule has 4 nitrogen and oxygen atoms in total. The zero-order valence-corrected chi connectivity index (χ0v) is 15.4. The van der Waals surface area contributed by atoms with Gasteiger partial charge in [-0.3, -0.25) is 4.79 Å². The van der Waals surface area contributed by atoms with E-state index >= 15 is 0 Å². The third-order valence-corrected chi connectivity index (χ3v) is 4.05. The van der Waals surface area contributed by atoms with Crippen molar-refractivity contribution in [1.82, 2.24) is 0 Å². The number of anilines is 1. The largest absolute Gasteiger partial charge is 0.494 e. The van der Waals surface area contributed by atoms with Crippen LogP contribution >= 0.6 is 0 Å². The van der Waals surface area contributed by atoms with Gasteiger partial charge in [0.15, 0.2) is 6.61 Å². The molecular formula is C23H23NO3. The predicted molar refractivity (Wildman–Crippen MR) is 107 cm³/mol. The van der Waals surface area contributed by atoms with Gasteiger partial charge in [-0.15, -0.1) is 0 Å². The molecular weight excluding hydrogens is 338 g/mol. The van der Waals surface area contributed by atoms with E-state index in [0.717, 1.165) is 17.0 Å². The number of amides is 1. The first-order chi connectivity index (χ1) is 13.3. The summed E-state index contributed by atoms with van der Waals surface area (Å²) >= 11 is 0. The fourth-order valence-corrected chi connectivity index (χ4v) is 2.72. The van der Waals surface area contributed by atoms with Crippen LogP contribution in [0.25, 0.3) is 0 Å². The van der Waals surface area contributed by atoms with E-state index in [1.165, 1.54) is 0 Å². The molecule has 0 N–H and O–H groups in total. The molecule has 0 bridgehead atoms. The molecule has 4 heteroatoms. The summed E-state index contributed by atoms with van der Waals surface area (Å²) in [7, 11) is 0. The molecule has 0 radical (unpaired) electrons. The van der Waals surface area contributed by atoms with E-state index < -0.39 is 0 Å². The summed E-state index contributed by atoms with van der Waals surface area (Å²) in [5.74, 6) is 1.32. The highest BCUT2D eigenvalue weighted by Gasteiger charge is 2.17. The first kappa shape index (κ1) is 18.5. The van der Waals surface area contributed by atoms with Gasteiger partial charge in [0, 0.05) is 5.69 Å². The maximum Gasteiger partial charge on any atom is 0.265 e. The summed E-state index contributed by atoms with van der Waals surface area (Å²) in [5.41, 5.74) is 1.91. The second-order valence-corrected chi connectivity index (χ2v) is 5.99. The zero-order chi connectivity index (χ0) is 18.9. The maximum atomic E-state index is 12.9. The summed E-state index contributed by atoms with van der Waals surface area (Å²) in [6.45, 7) is 3.02. The van der Waals surface area contributed by atoms with Crippen molar-refractivity contribution < 1.29 is 14.3 Å². The number of nitrogens with zero attached hydrogens (tertiary/aromatic N) is 1. The summed E-state index contributed by atoms with van der Waals surface area (Å²) in [5, 5.41) is 0. The van der Waals surface area contributed by atoms with Crippen LogP contribution in [0.2, 0.25) is 0 Å². The molecule has 0 unspecified atom stereocenters. The van der Waals surface area contributed by atoms with Crippen molar-refractivity contribution in [3.8, 4) is 11.5 Å². The number of rotatable bonds is 8. The zero-order valence-electron chi connectivity index (χ0n) is 15.4. The van der Waals surface area contributed by atoms with Crippen LogP contribution in [-0.4, -0.2) is 19.1 Å². The van der Waals surface area contributed by atoms with Gasteiger partial charge in [0.05, 0.1) is 13.2 Å². The van der Waals surface area contributed by atoms with Crippen molar-refractivity contribution in [2.24, 2.45) is 0 Å². The van der Waals surface area contributed by atoms with Crippen molar-refractivity contribution in [2.45, 2.75) is 13.5 Å². The Morgan fingerprint density at radius 3 is 1.93 bits per heavy atom. The van der Waals surface area contributed by atoms with E-state index in [9.17, 15) is 4.79 Å². The SMILES string of the molecule is CCOc1ccc(OCC(=O)N(Cc2ccccc2)c2ccccc2)cc1. The number of carbonyl (C=O) groups is 1. The van der Waals surface area contributed by atoms with Crippen molar-refractivity contribution in [3.63, 3.8) is 0 Å². The Hall–Kier alpha value is -3.27. The average Bonchev–Trinajstić information content (AvgIpc) is 2.73. The molecule has 0 fully saturated rings. The number of carbonyl (C=O) groups excluding carboxylic acids is 1. The van der Waals surface area contributed by atoms with Crippen LogP contribution in [0, 0.1) is 0 Å². The van der Waals surface area contributed by atoms with Crippen LogP contribution in [0.3, 0.4) is 0 Å². The van der Waals surface area contributed by atoms with Gasteiger partial charge >= 0.3 is 0 Å². The third kappa shape index (κ3) is 5.35. The molecule has 0 aromatic heterocycles. The molecule has 3 aromatic carbocycles. The van der Waals surface area contributed by atoms with E-state index in [1.807, 2.05) is 91.9 Å². The Balaban J connectivity index is 1.69. The monoisotopic (exact) mass is 361 g/mol. The quantitative estimate of drug-likeness (QED) is 0.584. The van der Waals surface area contributed by atoms with Crippen molar-refractivity contribution in [2.75, 3.05) is 18.1 Å². The number of benzene rings is 3. The first-order valence-corrected chi connectivity index (χ1v) is 9.01. The summed E-state index contributed by atoms with van der Waals surface area (Å²) in [6.07, 6.45) is 0. The molecule has 0 aliphatic heterocycles. The minimum absolute atomic E-state index is 0.0320. The van der Waals surface area contributed by atoms with Gasteiger partial charge in [-0.2, -0.15) is 0 Å². The highest BCUT2D eigenvalue weighted by atomic mass is 16.5. The molecule has 0 spiro atoms. The van der Waals surface area contributed by atoms with Gasteiger partial charge in [0.2, 0.25) is 0 Å². The van der Waals surface area contributed by atoms with Crippen LogP contribution in [-0.2, 0) is 11.3 Å². The van der Waals surface area contributed by atoms with Gasteiger partial charge in [0.25, 0.3) is 5.91 Å². The molecule has 0 aliphatic rings. The fourth-order valence-electron chi connectivity index (χ4n) is 2.72. The second kappa shape index (κ2) is 9.43. The van der Waals surface area contributed by atoms with Crippen LogP contribution in [0.15, 0.2) is 84.9 Å². The predicted octanol–water partition coefficient (Wildman–Crippen LogP) is 4.70. The maximum absolute atomic E-state index is 12.9. The molecule has 1 amide bonds. The van der Waals surface area contributed by atoms with Gasteiger partial charge < -0.3 is 14.4 Å². The van der Waals surface area contributed by atoms with Crippen molar-refractivity contribution in [3.05, 3.63) is 90.5 Å². The third-order valence-electron chi connectivity index (χ3n) is 4.05. The lowest BCUT2D eigenvalue weighted by Crippen LogP contribution is -2.34. The number of para-hydroxylation sites is 1. The normalized spacial score (nSPS) is 10.3. The molecule has 138 valence electrons. The first-order valence-electron chi connectivity index (χ1n) is 9.01. The van der Waals surface area contributed by atoms with E-state index in [2.05, 4.69) is 0 Å². The minimum atomic E-state index is -0.0982. The number of ether oxygens (including phenoxy) is 2. The molecule has 0 saturated heterocycles. The van der Waals surface area contributed by atoms with E-state index in [-0.39, 0.29) is 12.5 Å². The highest BCUT2D eigenvalue weighted by molar-refractivity contribution is 5.94. The topological polar surface area (TPSA) is 38.8 Å². The van der Waals surface area contributed by atoms with Crippen LogP contribution in [0.5, 0.6) is 11.5 Å². The summed E-state index contributed by atoms with van der Waals surface area (Å²) in [4.78, 5) is 14.6. The van der Waals surface area contributed by atoms with Gasteiger partial charge in [-0.25, -0.2) is 0 Å². The number of hydrogen-bond donors (Lipinski definition) is 0. The van der Waals surface area contributed by atoms with Crippen molar-refractivity contribution in [1.29, 1.82) is 0 Å². The van der Waals surface area contributed by atoms with Gasteiger partial charge in [0.1, 0.15) is 11.5 Å². The van der Waals surface area contributed by atoms with Gasteiger partial charge in [-0.05, 0) is 48.9 Å². The van der Waals surface area contributed by atoms with E-state index in [0.29, 0.717) is 18.9 Å². The van der Waals surface area contributed by atoms with Crippen LogP contribution in [0.1, 0.15) is 12.5 Å². The lowest BCUT2D eigenvalue weighted by molar-refractivity contribution is -0.120. The molecule has 0 atom stereocenters. The van der Waals surface area contributed by atoms with Gasteiger partial charge in [-0.1, -0.05) is 48.5 Å². The molecule has 0 saturated carbocycles. The smallest absolute Gasteiger partial charge is 0.265 e. The summed E-state index contributed by atoms with van der Waals surface area (Å²) < 4.78 is 11.1. The Morgan fingerprint density at radius 1 is 0.778 bits per heavy atom. The molecule has 3 aromatic rings. The Bertz CT molecular complexity index is 833. The lowest BCUT2D eigenvalue weighted by Gasteiger charge is -2.23. The minimum Gasteiger partial charge on any atom is -0.494 e. The highest BCUT2D eigenvalue weighted by Crippen LogP contribution is 2.20. The molecule has 0 heterocycles. The Morgan fingerprint density at radius 2 is 1.33 bits per heavy atom. The molecule has 0 aliphatic carbocycles. The lowest BCUT2D eigenvalue weighted by atomic mass is 10.2. The molecule has 3 rings (SSSR count). The molecule has 27 heavy (non-hydrogen) atoms. The van der Waals surface area contributed by atoms with Crippen LogP contribution in [0.4, 0.5) is 5.69 Å². The second-order valence-electron chi connectivity index (χ2n) is 5.99. The fraction of sp³-hybridized carbons (Fsp3) is 0.174. The summed E-state index contributed by atoms with van der Waals surface area (Å²) in [6, 6.07) is 26.9.